The van der Waals surface area contributed by atoms with Gasteiger partial charge in [0.1, 0.15) is 0 Å². The molecule has 0 aromatic heterocycles. The van der Waals surface area contributed by atoms with Crippen molar-refractivity contribution in [3.63, 3.8) is 0 Å². The summed E-state index contributed by atoms with van der Waals surface area (Å²) in [5.41, 5.74) is 2.93. The van der Waals surface area contributed by atoms with Crippen LogP contribution in [0.2, 0.25) is 0 Å². The highest BCUT2D eigenvalue weighted by atomic mass is 79.9. The smallest absolute Gasteiger partial charge is 0.0415 e. The molecule has 2 unspecified atom stereocenters. The molecule has 1 heterocycles. The molecule has 3 heteroatoms. The van der Waals surface area contributed by atoms with E-state index in [4.69, 9.17) is 0 Å². The largest absolute Gasteiger partial charge is 0.368 e. The fourth-order valence-electron chi connectivity index (χ4n) is 2.96. The lowest BCUT2D eigenvalue weighted by atomic mass is 9.93. The first kappa shape index (κ1) is 16.8. The third-order valence-corrected chi connectivity index (χ3v) is 4.77. The van der Waals surface area contributed by atoms with Crippen LogP contribution in [0.5, 0.6) is 0 Å². The standard InChI is InChI=1S/C18H29BrN2/c1-13-6-7-14(2)21(12-13)17-9-8-16(19)10-15(17)11-20-18(3,4)5/h8-10,13-14,20H,6-7,11-12H2,1-5H3. The van der Waals surface area contributed by atoms with Gasteiger partial charge in [-0.15, -0.1) is 0 Å². The Morgan fingerprint density at radius 2 is 1.95 bits per heavy atom. The molecule has 1 aliphatic rings. The molecule has 0 bridgehead atoms. The summed E-state index contributed by atoms with van der Waals surface area (Å²) in [5.74, 6) is 0.785. The molecule has 0 saturated carbocycles. The van der Waals surface area contributed by atoms with E-state index in [2.05, 4.69) is 79.0 Å². The van der Waals surface area contributed by atoms with E-state index >= 15 is 0 Å². The van der Waals surface area contributed by atoms with Crippen LogP contribution in [0.4, 0.5) is 5.69 Å². The van der Waals surface area contributed by atoms with E-state index < -0.39 is 0 Å². The topological polar surface area (TPSA) is 15.3 Å². The average molecular weight is 353 g/mol. The van der Waals surface area contributed by atoms with Gasteiger partial charge in [0.05, 0.1) is 0 Å². The fourth-order valence-corrected chi connectivity index (χ4v) is 3.37. The molecule has 0 spiro atoms. The molecular weight excluding hydrogens is 324 g/mol. The van der Waals surface area contributed by atoms with E-state index in [0.29, 0.717) is 6.04 Å². The summed E-state index contributed by atoms with van der Waals surface area (Å²) in [4.78, 5) is 2.60. The van der Waals surface area contributed by atoms with E-state index in [-0.39, 0.29) is 5.54 Å². The molecule has 1 aliphatic heterocycles. The average Bonchev–Trinajstić information content (AvgIpc) is 2.39. The highest BCUT2D eigenvalue weighted by Gasteiger charge is 2.25. The van der Waals surface area contributed by atoms with Crippen LogP contribution in [-0.4, -0.2) is 18.1 Å². The van der Waals surface area contributed by atoms with E-state index in [1.165, 1.54) is 30.6 Å². The first-order valence-corrected chi connectivity index (χ1v) is 8.85. The van der Waals surface area contributed by atoms with Crippen LogP contribution in [0.3, 0.4) is 0 Å². The molecule has 1 saturated heterocycles. The van der Waals surface area contributed by atoms with E-state index in [9.17, 15) is 0 Å². The monoisotopic (exact) mass is 352 g/mol. The van der Waals surface area contributed by atoms with Gasteiger partial charge in [-0.05, 0) is 70.2 Å². The molecule has 1 N–H and O–H groups in total. The number of piperidine rings is 1. The molecular formula is C18H29BrN2. The number of hydrogen-bond acceptors (Lipinski definition) is 2. The Hall–Kier alpha value is -0.540. The SMILES string of the molecule is CC1CCC(C)N(c2ccc(Br)cc2CNC(C)(C)C)C1. The van der Waals surface area contributed by atoms with Gasteiger partial charge in [-0.25, -0.2) is 0 Å². The Bertz CT molecular complexity index is 479. The van der Waals surface area contributed by atoms with E-state index in [1.54, 1.807) is 0 Å². The maximum absolute atomic E-state index is 3.62. The first-order chi connectivity index (χ1) is 9.76. The number of hydrogen-bond donors (Lipinski definition) is 1. The van der Waals surface area contributed by atoms with Gasteiger partial charge in [-0.2, -0.15) is 0 Å². The summed E-state index contributed by atoms with van der Waals surface area (Å²) >= 11 is 3.62. The van der Waals surface area contributed by atoms with E-state index in [1.807, 2.05) is 0 Å². The van der Waals surface area contributed by atoms with Gasteiger partial charge >= 0.3 is 0 Å². The summed E-state index contributed by atoms with van der Waals surface area (Å²) < 4.78 is 1.16. The fraction of sp³-hybridized carbons (Fsp3) is 0.667. The normalized spacial score (nSPS) is 23.4. The van der Waals surface area contributed by atoms with Gasteiger partial charge in [-0.3, -0.25) is 0 Å². The molecule has 118 valence electrons. The summed E-state index contributed by atoms with van der Waals surface area (Å²) in [6, 6.07) is 7.34. The van der Waals surface area contributed by atoms with Crippen molar-refractivity contribution in [1.29, 1.82) is 0 Å². The molecule has 0 radical (unpaired) electrons. The molecule has 2 rings (SSSR count). The third kappa shape index (κ3) is 4.72. The van der Waals surface area contributed by atoms with Crippen molar-refractivity contribution in [2.75, 3.05) is 11.4 Å². The van der Waals surface area contributed by atoms with Crippen LogP contribution in [-0.2, 0) is 6.54 Å². The Balaban J connectivity index is 2.25. The molecule has 1 fully saturated rings. The lowest BCUT2D eigenvalue weighted by Gasteiger charge is -2.40. The zero-order valence-corrected chi connectivity index (χ0v) is 15.6. The lowest BCUT2D eigenvalue weighted by molar-refractivity contribution is 0.387. The van der Waals surface area contributed by atoms with Crippen molar-refractivity contribution in [1.82, 2.24) is 5.32 Å². The quantitative estimate of drug-likeness (QED) is 0.826. The minimum atomic E-state index is 0.139. The Kier molecular flexibility index (Phi) is 5.37. The minimum Gasteiger partial charge on any atom is -0.368 e. The maximum atomic E-state index is 3.62. The van der Waals surface area contributed by atoms with E-state index in [0.717, 1.165) is 16.9 Å². The molecule has 1 aromatic rings. The Labute approximate surface area is 138 Å². The highest BCUT2D eigenvalue weighted by Crippen LogP contribution is 2.32. The van der Waals surface area contributed by atoms with Crippen molar-refractivity contribution < 1.29 is 0 Å². The zero-order chi connectivity index (χ0) is 15.6. The van der Waals surface area contributed by atoms with Crippen LogP contribution < -0.4 is 10.2 Å². The maximum Gasteiger partial charge on any atom is 0.0415 e. The van der Waals surface area contributed by atoms with Gasteiger partial charge in [-0.1, -0.05) is 22.9 Å². The Morgan fingerprint density at radius 1 is 1.24 bits per heavy atom. The molecule has 2 nitrogen and oxygen atoms in total. The second-order valence-electron chi connectivity index (χ2n) is 7.56. The van der Waals surface area contributed by atoms with Gasteiger partial charge in [0.15, 0.2) is 0 Å². The zero-order valence-electron chi connectivity index (χ0n) is 14.0. The van der Waals surface area contributed by atoms with Crippen molar-refractivity contribution in [3.05, 3.63) is 28.2 Å². The first-order valence-electron chi connectivity index (χ1n) is 8.06. The predicted molar refractivity (Wildman–Crippen MR) is 95.9 cm³/mol. The number of nitrogens with zero attached hydrogens (tertiary/aromatic N) is 1. The van der Waals surface area contributed by atoms with Crippen LogP contribution in [0, 0.1) is 5.92 Å². The van der Waals surface area contributed by atoms with Crippen LogP contribution in [0.25, 0.3) is 0 Å². The second kappa shape index (κ2) is 6.70. The van der Waals surface area contributed by atoms with Crippen molar-refractivity contribution in [2.45, 2.75) is 65.6 Å². The van der Waals surface area contributed by atoms with Crippen molar-refractivity contribution in [2.24, 2.45) is 5.92 Å². The summed E-state index contributed by atoms with van der Waals surface area (Å²) in [5, 5.41) is 3.62. The number of rotatable bonds is 3. The van der Waals surface area contributed by atoms with Gasteiger partial charge in [0.25, 0.3) is 0 Å². The van der Waals surface area contributed by atoms with Crippen LogP contribution >= 0.6 is 15.9 Å². The third-order valence-electron chi connectivity index (χ3n) is 4.28. The van der Waals surface area contributed by atoms with Gasteiger partial charge < -0.3 is 10.2 Å². The summed E-state index contributed by atoms with van der Waals surface area (Å²) in [6.45, 7) is 13.5. The number of nitrogens with one attached hydrogen (secondary N) is 1. The minimum absolute atomic E-state index is 0.139. The van der Waals surface area contributed by atoms with Gasteiger partial charge in [0.2, 0.25) is 0 Å². The molecule has 21 heavy (non-hydrogen) atoms. The number of halogens is 1. The summed E-state index contributed by atoms with van der Waals surface area (Å²) in [7, 11) is 0. The number of benzene rings is 1. The highest BCUT2D eigenvalue weighted by molar-refractivity contribution is 9.10. The number of anilines is 1. The van der Waals surface area contributed by atoms with Gasteiger partial charge in [0, 0.05) is 34.8 Å². The van der Waals surface area contributed by atoms with Crippen LogP contribution in [0.1, 0.15) is 53.0 Å². The lowest BCUT2D eigenvalue weighted by Crippen LogP contribution is -2.42. The summed E-state index contributed by atoms with van der Waals surface area (Å²) in [6.07, 6.45) is 2.65. The second-order valence-corrected chi connectivity index (χ2v) is 8.48. The molecule has 0 aliphatic carbocycles. The van der Waals surface area contributed by atoms with Crippen LogP contribution in [0.15, 0.2) is 22.7 Å². The van der Waals surface area contributed by atoms with Crippen molar-refractivity contribution >= 4 is 21.6 Å². The van der Waals surface area contributed by atoms with Crippen molar-refractivity contribution in [3.8, 4) is 0 Å². The molecule has 0 amide bonds. The molecule has 1 aromatic carbocycles. The molecule has 2 atom stereocenters. The Morgan fingerprint density at radius 3 is 2.62 bits per heavy atom. The predicted octanol–water partition coefficient (Wildman–Crippen LogP) is 4.96.